The Balaban J connectivity index is 1.73. The zero-order chi connectivity index (χ0) is 22.5. The number of pyridine rings is 1. The third kappa shape index (κ3) is 3.15. The maximum absolute atomic E-state index is 13.3. The monoisotopic (exact) mass is 426 g/mol. The Morgan fingerprint density at radius 1 is 1.06 bits per heavy atom. The summed E-state index contributed by atoms with van der Waals surface area (Å²) >= 11 is 0. The third-order valence-electron chi connectivity index (χ3n) is 6.48. The number of fused-ring (bicyclic) bond motifs is 3. The number of nitrogens with one attached hydrogen (secondary N) is 1. The Bertz CT molecular complexity index is 1420. The largest absolute Gasteiger partial charge is 0.369 e. The van der Waals surface area contributed by atoms with Gasteiger partial charge in [-0.2, -0.15) is 5.26 Å². The van der Waals surface area contributed by atoms with Crippen molar-refractivity contribution in [1.82, 2.24) is 19.4 Å². The number of nitrogens with zero attached hydrogens (tertiary/aromatic N) is 5. The number of hydrogen-bond donors (Lipinski definition) is 1. The van der Waals surface area contributed by atoms with Crippen molar-refractivity contribution in [2.45, 2.75) is 19.3 Å². The van der Waals surface area contributed by atoms with E-state index in [0.717, 1.165) is 65.1 Å². The molecule has 3 heterocycles. The van der Waals surface area contributed by atoms with E-state index in [-0.39, 0.29) is 5.69 Å². The minimum atomic E-state index is -0.586. The first-order valence-corrected chi connectivity index (χ1v) is 10.9. The molecule has 1 fully saturated rings. The third-order valence-corrected chi connectivity index (χ3v) is 6.48. The molecule has 1 saturated heterocycles. The second kappa shape index (κ2) is 7.50. The molecule has 0 spiro atoms. The van der Waals surface area contributed by atoms with Gasteiger partial charge in [0.05, 0.1) is 39.9 Å². The number of nitriles is 1. The molecule has 5 rings (SSSR count). The van der Waals surface area contributed by atoms with Crippen molar-refractivity contribution in [2.75, 3.05) is 31.1 Å². The number of aromatic nitrogens is 3. The van der Waals surface area contributed by atoms with Gasteiger partial charge in [-0.1, -0.05) is 12.1 Å². The predicted octanol–water partition coefficient (Wildman–Crippen LogP) is 3.09. The van der Waals surface area contributed by atoms with E-state index in [0.29, 0.717) is 0 Å². The molecule has 0 saturated carbocycles. The van der Waals surface area contributed by atoms with Crippen LogP contribution in [-0.4, -0.2) is 40.3 Å². The molecule has 0 aliphatic carbocycles. The van der Waals surface area contributed by atoms with Gasteiger partial charge in [-0.05, 0) is 49.7 Å². The molecule has 7 heteroatoms. The van der Waals surface area contributed by atoms with Crippen LogP contribution < -0.4 is 15.9 Å². The molecule has 2 aromatic carbocycles. The van der Waals surface area contributed by atoms with Gasteiger partial charge in [-0.15, -0.1) is 0 Å². The van der Waals surface area contributed by atoms with Crippen molar-refractivity contribution in [3.8, 4) is 11.8 Å². The van der Waals surface area contributed by atoms with Crippen molar-refractivity contribution in [3.05, 3.63) is 64.7 Å². The van der Waals surface area contributed by atoms with Crippen molar-refractivity contribution in [1.29, 1.82) is 5.26 Å². The molecule has 32 heavy (non-hydrogen) atoms. The van der Waals surface area contributed by atoms with Crippen molar-refractivity contribution < 1.29 is 0 Å². The molecule has 0 amide bonds. The number of hydrogen-bond acceptors (Lipinski definition) is 5. The number of benzene rings is 2. The average Bonchev–Trinajstić information content (AvgIpc) is 3.09. The number of rotatable bonds is 3. The van der Waals surface area contributed by atoms with E-state index in [1.165, 1.54) is 0 Å². The SMILES string of the molecule is Cn1c(=O)n(-c2ccc(C(C)(C)C#N)cc2)c2c3cc(N4CCNCC4)ccc3ncc21. The number of aryl methyl sites for hydroxylation is 1. The van der Waals surface area contributed by atoms with Gasteiger partial charge in [0, 0.05) is 44.3 Å². The molecule has 0 bridgehead atoms. The molecule has 0 unspecified atom stereocenters. The fourth-order valence-electron chi connectivity index (χ4n) is 4.44. The molecular formula is C25H26N6O. The van der Waals surface area contributed by atoms with Gasteiger partial charge >= 0.3 is 5.69 Å². The van der Waals surface area contributed by atoms with Crippen LogP contribution in [-0.2, 0) is 12.5 Å². The second-order valence-electron chi connectivity index (χ2n) is 8.89. The van der Waals surface area contributed by atoms with Crippen LogP contribution in [0.3, 0.4) is 0 Å². The lowest BCUT2D eigenvalue weighted by Crippen LogP contribution is -2.43. The highest BCUT2D eigenvalue weighted by Gasteiger charge is 2.21. The number of piperazine rings is 1. The van der Waals surface area contributed by atoms with Gasteiger partial charge < -0.3 is 10.2 Å². The Morgan fingerprint density at radius 2 is 1.75 bits per heavy atom. The molecule has 1 aliphatic heterocycles. The highest BCUT2D eigenvalue weighted by atomic mass is 16.1. The van der Waals surface area contributed by atoms with Crippen molar-refractivity contribution in [3.63, 3.8) is 0 Å². The van der Waals surface area contributed by atoms with Crippen LogP contribution in [0.2, 0.25) is 0 Å². The molecule has 2 aromatic heterocycles. The zero-order valence-corrected chi connectivity index (χ0v) is 18.6. The molecule has 7 nitrogen and oxygen atoms in total. The lowest BCUT2D eigenvalue weighted by atomic mass is 9.86. The lowest BCUT2D eigenvalue weighted by molar-refractivity contribution is 0.589. The van der Waals surface area contributed by atoms with Crippen LogP contribution in [0.1, 0.15) is 19.4 Å². The van der Waals surface area contributed by atoms with Gasteiger partial charge in [-0.3, -0.25) is 14.1 Å². The van der Waals surface area contributed by atoms with E-state index in [1.807, 2.05) is 44.2 Å². The van der Waals surface area contributed by atoms with E-state index >= 15 is 0 Å². The smallest absolute Gasteiger partial charge is 0.333 e. The average molecular weight is 427 g/mol. The Hall–Kier alpha value is -3.63. The number of anilines is 1. The maximum atomic E-state index is 13.3. The minimum Gasteiger partial charge on any atom is -0.369 e. The molecule has 162 valence electrons. The highest BCUT2D eigenvalue weighted by molar-refractivity contribution is 6.04. The van der Waals surface area contributed by atoms with Crippen molar-refractivity contribution in [2.24, 2.45) is 7.05 Å². The summed E-state index contributed by atoms with van der Waals surface area (Å²) in [4.78, 5) is 20.3. The molecule has 4 aromatic rings. The van der Waals surface area contributed by atoms with E-state index in [1.54, 1.807) is 22.4 Å². The summed E-state index contributed by atoms with van der Waals surface area (Å²) in [5, 5.41) is 13.8. The van der Waals surface area contributed by atoms with Crippen molar-refractivity contribution >= 4 is 27.6 Å². The van der Waals surface area contributed by atoms with Gasteiger partial charge in [0.25, 0.3) is 0 Å². The zero-order valence-electron chi connectivity index (χ0n) is 18.6. The van der Waals surface area contributed by atoms with E-state index in [9.17, 15) is 10.1 Å². The first-order valence-electron chi connectivity index (χ1n) is 10.9. The highest BCUT2D eigenvalue weighted by Crippen LogP contribution is 2.30. The van der Waals surface area contributed by atoms with Crippen LogP contribution in [0.4, 0.5) is 5.69 Å². The maximum Gasteiger partial charge on any atom is 0.333 e. The van der Waals surface area contributed by atoms with Crippen LogP contribution in [0.25, 0.3) is 27.6 Å². The topological polar surface area (TPSA) is 78.9 Å². The Kier molecular flexibility index (Phi) is 4.75. The molecular weight excluding hydrogens is 400 g/mol. The summed E-state index contributed by atoms with van der Waals surface area (Å²) in [6.07, 6.45) is 1.77. The van der Waals surface area contributed by atoms with Crippen LogP contribution in [0, 0.1) is 11.3 Å². The van der Waals surface area contributed by atoms with Crippen LogP contribution in [0.5, 0.6) is 0 Å². The fraction of sp³-hybridized carbons (Fsp3) is 0.320. The first kappa shape index (κ1) is 20.3. The van der Waals surface area contributed by atoms with Crippen LogP contribution >= 0.6 is 0 Å². The first-order chi connectivity index (χ1) is 15.4. The fourth-order valence-corrected chi connectivity index (χ4v) is 4.44. The summed E-state index contributed by atoms with van der Waals surface area (Å²) < 4.78 is 3.40. The van der Waals surface area contributed by atoms with E-state index in [2.05, 4.69) is 33.4 Å². The van der Waals surface area contributed by atoms with Gasteiger partial charge in [0.15, 0.2) is 0 Å². The second-order valence-corrected chi connectivity index (χ2v) is 8.89. The quantitative estimate of drug-likeness (QED) is 0.545. The summed E-state index contributed by atoms with van der Waals surface area (Å²) in [5.41, 5.74) is 4.64. The summed E-state index contributed by atoms with van der Waals surface area (Å²) in [6.45, 7) is 7.61. The Labute approximate surface area is 186 Å². The van der Waals surface area contributed by atoms with Crippen LogP contribution in [0.15, 0.2) is 53.5 Å². The van der Waals surface area contributed by atoms with Gasteiger partial charge in [0.2, 0.25) is 0 Å². The predicted molar refractivity (Wildman–Crippen MR) is 128 cm³/mol. The van der Waals surface area contributed by atoms with Gasteiger partial charge in [-0.25, -0.2) is 4.79 Å². The molecule has 1 aliphatic rings. The number of imidazole rings is 1. The molecule has 0 radical (unpaired) electrons. The Morgan fingerprint density at radius 3 is 2.44 bits per heavy atom. The molecule has 0 atom stereocenters. The summed E-state index contributed by atoms with van der Waals surface area (Å²) in [5.74, 6) is 0. The summed E-state index contributed by atoms with van der Waals surface area (Å²) in [6, 6.07) is 16.3. The van der Waals surface area contributed by atoms with Gasteiger partial charge in [0.1, 0.15) is 0 Å². The van der Waals surface area contributed by atoms with E-state index < -0.39 is 5.41 Å². The minimum absolute atomic E-state index is 0.117. The standard InChI is InChI=1S/C25H26N6O/c1-25(2,16-26)17-4-6-18(7-5-17)31-23-20-14-19(30-12-10-27-11-13-30)8-9-21(20)28-15-22(23)29(3)24(31)32/h4-9,14-15,27H,10-13H2,1-3H3. The van der Waals surface area contributed by atoms with E-state index in [4.69, 9.17) is 0 Å². The summed E-state index contributed by atoms with van der Waals surface area (Å²) in [7, 11) is 1.78. The normalized spacial score (nSPS) is 14.8. The molecule has 1 N–H and O–H groups in total. The lowest BCUT2D eigenvalue weighted by Gasteiger charge is -2.29.